The maximum Gasteiger partial charge on any atom is 0.0613 e. The number of nitrogens with one attached hydrogen (secondary N) is 1. The molecule has 2 fully saturated rings. The predicted octanol–water partition coefficient (Wildman–Crippen LogP) is 2.71. The molecule has 2 heteroatoms. The van der Waals surface area contributed by atoms with Crippen LogP contribution in [-0.4, -0.2) is 23.3 Å². The van der Waals surface area contributed by atoms with Crippen molar-refractivity contribution in [3.63, 3.8) is 0 Å². The van der Waals surface area contributed by atoms with Crippen LogP contribution in [0.1, 0.15) is 59.3 Å². The molecule has 2 rings (SSSR count). The Morgan fingerprint density at radius 3 is 2.56 bits per heavy atom. The molecular formula is C14H27NO. The van der Waals surface area contributed by atoms with E-state index >= 15 is 0 Å². The summed E-state index contributed by atoms with van der Waals surface area (Å²) in [7, 11) is 0. The number of aliphatic hydroxyl groups excluding tert-OH is 1. The molecule has 3 atom stereocenters. The molecule has 0 aromatic heterocycles. The van der Waals surface area contributed by atoms with Crippen molar-refractivity contribution in [2.75, 3.05) is 6.61 Å². The first-order chi connectivity index (χ1) is 7.50. The molecule has 2 saturated carbocycles. The molecule has 2 aliphatic rings. The van der Waals surface area contributed by atoms with Gasteiger partial charge in [0.05, 0.1) is 6.61 Å². The van der Waals surface area contributed by atoms with E-state index < -0.39 is 0 Å². The number of hydrogen-bond donors (Lipinski definition) is 2. The van der Waals surface area contributed by atoms with Crippen LogP contribution in [0.25, 0.3) is 0 Å². The average Bonchev–Trinajstić information content (AvgIpc) is 2.98. The molecule has 2 aliphatic carbocycles. The minimum absolute atomic E-state index is 0.0166. The van der Waals surface area contributed by atoms with Crippen LogP contribution in [0.5, 0.6) is 0 Å². The van der Waals surface area contributed by atoms with Gasteiger partial charge in [0.15, 0.2) is 0 Å². The van der Waals surface area contributed by atoms with E-state index in [9.17, 15) is 5.11 Å². The molecule has 0 heterocycles. The highest BCUT2D eigenvalue weighted by Crippen LogP contribution is 2.49. The second-order valence-electron chi connectivity index (χ2n) is 6.66. The summed E-state index contributed by atoms with van der Waals surface area (Å²) in [6.07, 6.45) is 7.57. The predicted molar refractivity (Wildman–Crippen MR) is 67.4 cm³/mol. The molecule has 0 spiro atoms. The van der Waals surface area contributed by atoms with Gasteiger partial charge in [-0.3, -0.25) is 0 Å². The van der Waals surface area contributed by atoms with E-state index in [0.29, 0.717) is 18.1 Å². The summed E-state index contributed by atoms with van der Waals surface area (Å²) < 4.78 is 0. The highest BCUT2D eigenvalue weighted by molar-refractivity contribution is 5.02. The molecule has 16 heavy (non-hydrogen) atoms. The second-order valence-corrected chi connectivity index (χ2v) is 6.66. The Hall–Kier alpha value is -0.0800. The van der Waals surface area contributed by atoms with Crippen molar-refractivity contribution >= 4 is 0 Å². The molecule has 0 aromatic carbocycles. The van der Waals surface area contributed by atoms with Gasteiger partial charge < -0.3 is 10.4 Å². The first-order valence-electron chi connectivity index (χ1n) is 6.88. The van der Waals surface area contributed by atoms with Crippen molar-refractivity contribution in [1.82, 2.24) is 5.32 Å². The summed E-state index contributed by atoms with van der Waals surface area (Å²) in [5, 5.41) is 13.5. The molecule has 94 valence electrons. The van der Waals surface area contributed by atoms with Crippen molar-refractivity contribution in [2.24, 2.45) is 11.3 Å². The maximum absolute atomic E-state index is 9.73. The highest BCUT2D eigenvalue weighted by atomic mass is 16.3. The van der Waals surface area contributed by atoms with Gasteiger partial charge in [-0.1, -0.05) is 26.7 Å². The van der Waals surface area contributed by atoms with Crippen molar-refractivity contribution in [3.05, 3.63) is 0 Å². The van der Waals surface area contributed by atoms with Gasteiger partial charge in [0.25, 0.3) is 0 Å². The van der Waals surface area contributed by atoms with E-state index in [0.717, 1.165) is 18.8 Å². The molecule has 0 amide bonds. The van der Waals surface area contributed by atoms with Crippen LogP contribution in [0.2, 0.25) is 0 Å². The summed E-state index contributed by atoms with van der Waals surface area (Å²) in [6, 6.07) is 0.546. The lowest BCUT2D eigenvalue weighted by Crippen LogP contribution is -2.56. The van der Waals surface area contributed by atoms with Crippen LogP contribution < -0.4 is 5.32 Å². The summed E-state index contributed by atoms with van der Waals surface area (Å²) in [4.78, 5) is 0. The van der Waals surface area contributed by atoms with Crippen LogP contribution in [-0.2, 0) is 0 Å². The van der Waals surface area contributed by atoms with E-state index in [1.54, 1.807) is 0 Å². The third kappa shape index (κ3) is 2.43. The van der Waals surface area contributed by atoms with Crippen molar-refractivity contribution in [1.29, 1.82) is 0 Å². The summed E-state index contributed by atoms with van der Waals surface area (Å²) in [5.41, 5.74) is 0.519. The molecule has 2 N–H and O–H groups in total. The van der Waals surface area contributed by atoms with E-state index in [1.807, 2.05) is 0 Å². The maximum atomic E-state index is 9.73. The van der Waals surface area contributed by atoms with Crippen molar-refractivity contribution in [2.45, 2.75) is 70.9 Å². The normalized spacial score (nSPS) is 39.4. The van der Waals surface area contributed by atoms with Gasteiger partial charge in [0.2, 0.25) is 0 Å². The lowest BCUT2D eigenvalue weighted by atomic mass is 9.76. The lowest BCUT2D eigenvalue weighted by Gasteiger charge is -2.43. The van der Waals surface area contributed by atoms with Crippen LogP contribution in [0, 0.1) is 11.3 Å². The molecule has 0 radical (unpaired) electrons. The zero-order chi connectivity index (χ0) is 11.8. The lowest BCUT2D eigenvalue weighted by molar-refractivity contribution is 0.0807. The minimum Gasteiger partial charge on any atom is -0.394 e. The summed E-state index contributed by atoms with van der Waals surface area (Å²) in [5.74, 6) is 0.757. The Balaban J connectivity index is 1.98. The molecule has 3 unspecified atom stereocenters. The smallest absolute Gasteiger partial charge is 0.0613 e. The highest BCUT2D eigenvalue weighted by Gasteiger charge is 2.46. The SMILES string of the molecule is CC1CCCC(CO)(NC(C)C2(C)CC2)C1. The Kier molecular flexibility index (Phi) is 3.33. The van der Waals surface area contributed by atoms with E-state index in [1.165, 1.54) is 25.7 Å². The minimum atomic E-state index is 0.0166. The monoisotopic (exact) mass is 225 g/mol. The zero-order valence-electron chi connectivity index (χ0n) is 11.1. The van der Waals surface area contributed by atoms with Gasteiger partial charge in [-0.15, -0.1) is 0 Å². The fraction of sp³-hybridized carbons (Fsp3) is 1.00. The standard InChI is InChI=1S/C14H27NO/c1-11-5-4-6-14(9-11,10-16)15-12(2)13(3)7-8-13/h11-12,15-16H,4-10H2,1-3H3. The molecule has 0 aliphatic heterocycles. The number of aliphatic hydroxyl groups is 1. The first kappa shape index (κ1) is 12.4. The number of rotatable bonds is 4. The van der Waals surface area contributed by atoms with Gasteiger partial charge >= 0.3 is 0 Å². The van der Waals surface area contributed by atoms with Crippen molar-refractivity contribution < 1.29 is 5.11 Å². The van der Waals surface area contributed by atoms with E-state index in [4.69, 9.17) is 0 Å². The Bertz CT molecular complexity index is 249. The van der Waals surface area contributed by atoms with Gasteiger partial charge in [-0.2, -0.15) is 0 Å². The van der Waals surface area contributed by atoms with Crippen LogP contribution in [0.3, 0.4) is 0 Å². The zero-order valence-corrected chi connectivity index (χ0v) is 11.1. The van der Waals surface area contributed by atoms with E-state index in [2.05, 4.69) is 26.1 Å². The Morgan fingerprint density at radius 1 is 1.38 bits per heavy atom. The number of hydrogen-bond acceptors (Lipinski definition) is 2. The van der Waals surface area contributed by atoms with Gasteiger partial charge in [-0.05, 0) is 43.9 Å². The largest absolute Gasteiger partial charge is 0.394 e. The molecular weight excluding hydrogens is 198 g/mol. The van der Waals surface area contributed by atoms with E-state index in [-0.39, 0.29) is 5.54 Å². The molecule has 0 bridgehead atoms. The summed E-state index contributed by atoms with van der Waals surface area (Å²) >= 11 is 0. The third-order valence-electron chi connectivity index (χ3n) is 5.00. The molecule has 2 nitrogen and oxygen atoms in total. The quantitative estimate of drug-likeness (QED) is 0.771. The van der Waals surface area contributed by atoms with Gasteiger partial charge in [-0.25, -0.2) is 0 Å². The van der Waals surface area contributed by atoms with Crippen molar-refractivity contribution in [3.8, 4) is 0 Å². The fourth-order valence-electron chi connectivity index (χ4n) is 3.24. The van der Waals surface area contributed by atoms with Crippen LogP contribution in [0.4, 0.5) is 0 Å². The fourth-order valence-corrected chi connectivity index (χ4v) is 3.24. The first-order valence-corrected chi connectivity index (χ1v) is 6.88. The van der Waals surface area contributed by atoms with Gasteiger partial charge in [0.1, 0.15) is 0 Å². The molecule has 0 aromatic rings. The second kappa shape index (κ2) is 4.30. The van der Waals surface area contributed by atoms with Crippen LogP contribution in [0.15, 0.2) is 0 Å². The molecule has 0 saturated heterocycles. The Morgan fingerprint density at radius 2 is 2.06 bits per heavy atom. The summed E-state index contributed by atoms with van der Waals surface area (Å²) in [6.45, 7) is 7.28. The topological polar surface area (TPSA) is 32.3 Å². The van der Waals surface area contributed by atoms with Gasteiger partial charge in [0, 0.05) is 11.6 Å². The van der Waals surface area contributed by atoms with Crippen LogP contribution >= 0.6 is 0 Å². The average molecular weight is 225 g/mol. The third-order valence-corrected chi connectivity index (χ3v) is 5.00. The Labute approximate surface area is 99.8 Å².